The maximum Gasteiger partial charge on any atom is 0.350 e. The largest absolute Gasteiger partial charge is 0.350 e. The standard InChI is InChI=1S/C13H8Cl2F3N5O2/c1-22-11(10(17)18)21-23(13(22)25)8-3-7(20-12(24)9(14)15)5(4-19)2-6(8)16/h2-3,9-10H,1H3,(H,20,24). The molecule has 0 unspecified atom stereocenters. The Morgan fingerprint density at radius 3 is 2.52 bits per heavy atom. The molecular formula is C13H8Cl2F3N5O2. The number of rotatable bonds is 4. The number of hydrogen-bond donors (Lipinski definition) is 1. The van der Waals surface area contributed by atoms with E-state index in [1.165, 1.54) is 0 Å². The minimum atomic E-state index is -3.06. The third-order valence-electron chi connectivity index (χ3n) is 3.10. The van der Waals surface area contributed by atoms with E-state index in [1.807, 2.05) is 0 Å². The van der Waals surface area contributed by atoms with Gasteiger partial charge >= 0.3 is 5.69 Å². The lowest BCUT2D eigenvalue weighted by molar-refractivity contribution is -0.114. The van der Waals surface area contributed by atoms with E-state index in [1.54, 1.807) is 6.07 Å². The molecule has 0 radical (unpaired) electrons. The van der Waals surface area contributed by atoms with Crippen molar-refractivity contribution in [3.8, 4) is 11.8 Å². The van der Waals surface area contributed by atoms with E-state index >= 15 is 0 Å². The topological polar surface area (TPSA) is 92.7 Å². The van der Waals surface area contributed by atoms with Crippen LogP contribution in [0.4, 0.5) is 18.9 Å². The first kappa shape index (κ1) is 18.8. The molecule has 25 heavy (non-hydrogen) atoms. The van der Waals surface area contributed by atoms with Crippen molar-refractivity contribution >= 4 is 34.8 Å². The smallest absolute Gasteiger partial charge is 0.322 e. The number of nitrogens with zero attached hydrogens (tertiary/aromatic N) is 4. The van der Waals surface area contributed by atoms with Crippen LogP contribution in [0.5, 0.6) is 0 Å². The lowest BCUT2D eigenvalue weighted by Crippen LogP contribution is -2.24. The highest BCUT2D eigenvalue weighted by Gasteiger charge is 2.23. The summed E-state index contributed by atoms with van der Waals surface area (Å²) >= 11 is 10.8. The number of carbonyl (C=O) groups is 1. The Morgan fingerprint density at radius 2 is 2.04 bits per heavy atom. The Labute approximate surface area is 148 Å². The van der Waals surface area contributed by atoms with Crippen LogP contribution in [-0.2, 0) is 11.8 Å². The van der Waals surface area contributed by atoms with Gasteiger partial charge in [-0.25, -0.2) is 18.0 Å². The van der Waals surface area contributed by atoms with Crippen molar-refractivity contribution in [2.24, 2.45) is 7.05 Å². The van der Waals surface area contributed by atoms with Gasteiger partial charge in [-0.05, 0) is 12.1 Å². The SMILES string of the molecule is Cn1c(C(F)F)nn(-c2cc(NC(=O)C(Cl)Cl)c(C#N)cc2F)c1=O. The van der Waals surface area contributed by atoms with Crippen LogP contribution in [0.3, 0.4) is 0 Å². The molecule has 0 aliphatic carbocycles. The summed E-state index contributed by atoms with van der Waals surface area (Å²) in [7, 11) is 1.04. The van der Waals surface area contributed by atoms with E-state index in [9.17, 15) is 22.8 Å². The Hall–Kier alpha value is -2.51. The Balaban J connectivity index is 2.64. The summed E-state index contributed by atoms with van der Waals surface area (Å²) in [6.45, 7) is 0. The van der Waals surface area contributed by atoms with Gasteiger partial charge in [0.2, 0.25) is 5.82 Å². The second-order valence-electron chi connectivity index (χ2n) is 4.66. The molecule has 1 amide bonds. The lowest BCUT2D eigenvalue weighted by atomic mass is 10.1. The van der Waals surface area contributed by atoms with Crippen LogP contribution >= 0.6 is 23.2 Å². The summed E-state index contributed by atoms with van der Waals surface area (Å²) in [5, 5.41) is 14.6. The zero-order valence-electron chi connectivity index (χ0n) is 12.3. The van der Waals surface area contributed by atoms with Gasteiger partial charge in [0.15, 0.2) is 10.7 Å². The summed E-state index contributed by atoms with van der Waals surface area (Å²) in [5.41, 5.74) is -2.08. The number of nitrogens with one attached hydrogen (secondary N) is 1. The van der Waals surface area contributed by atoms with Gasteiger partial charge < -0.3 is 5.32 Å². The molecule has 0 aliphatic rings. The van der Waals surface area contributed by atoms with Crippen molar-refractivity contribution in [3.63, 3.8) is 0 Å². The van der Waals surface area contributed by atoms with E-state index in [-0.39, 0.29) is 11.3 Å². The first-order valence-corrected chi connectivity index (χ1v) is 7.31. The zero-order valence-corrected chi connectivity index (χ0v) is 13.8. The highest BCUT2D eigenvalue weighted by molar-refractivity contribution is 6.54. The molecule has 12 heteroatoms. The van der Waals surface area contributed by atoms with Crippen molar-refractivity contribution < 1.29 is 18.0 Å². The first-order valence-electron chi connectivity index (χ1n) is 6.44. The molecule has 1 heterocycles. The van der Waals surface area contributed by atoms with Crippen LogP contribution in [0.25, 0.3) is 5.69 Å². The van der Waals surface area contributed by atoms with Gasteiger partial charge in [-0.1, -0.05) is 23.2 Å². The molecule has 1 N–H and O–H groups in total. The van der Waals surface area contributed by atoms with Crippen molar-refractivity contribution in [1.29, 1.82) is 5.26 Å². The van der Waals surface area contributed by atoms with Gasteiger partial charge in [-0.2, -0.15) is 9.94 Å². The fourth-order valence-electron chi connectivity index (χ4n) is 1.91. The van der Waals surface area contributed by atoms with E-state index in [0.29, 0.717) is 15.3 Å². The number of alkyl halides is 4. The van der Waals surface area contributed by atoms with Gasteiger partial charge in [0, 0.05) is 7.05 Å². The van der Waals surface area contributed by atoms with Crippen molar-refractivity contribution in [1.82, 2.24) is 14.3 Å². The number of benzene rings is 1. The summed E-state index contributed by atoms with van der Waals surface area (Å²) < 4.78 is 40.8. The van der Waals surface area contributed by atoms with E-state index in [0.717, 1.165) is 13.1 Å². The number of aromatic nitrogens is 3. The molecule has 0 fully saturated rings. The molecule has 0 atom stereocenters. The van der Waals surface area contributed by atoms with Gasteiger partial charge in [0.1, 0.15) is 11.8 Å². The van der Waals surface area contributed by atoms with E-state index in [4.69, 9.17) is 28.5 Å². The summed E-state index contributed by atoms with van der Waals surface area (Å²) in [6, 6.07) is 3.24. The van der Waals surface area contributed by atoms with Crippen LogP contribution in [0.15, 0.2) is 16.9 Å². The number of carbonyl (C=O) groups excluding carboxylic acids is 1. The molecule has 1 aromatic carbocycles. The van der Waals surface area contributed by atoms with E-state index in [2.05, 4.69) is 10.4 Å². The molecule has 0 saturated carbocycles. The normalized spacial score (nSPS) is 11.0. The van der Waals surface area contributed by atoms with Gasteiger partial charge in [0.25, 0.3) is 12.3 Å². The average Bonchev–Trinajstić information content (AvgIpc) is 2.84. The predicted octanol–water partition coefficient (Wildman–Crippen LogP) is 2.26. The molecule has 0 aliphatic heterocycles. The molecule has 1 aromatic heterocycles. The van der Waals surface area contributed by atoms with Gasteiger partial charge in [-0.3, -0.25) is 9.36 Å². The Bertz CT molecular complexity index is 933. The molecule has 0 spiro atoms. The Kier molecular flexibility index (Phi) is 5.39. The maximum atomic E-state index is 14.2. The highest BCUT2D eigenvalue weighted by atomic mass is 35.5. The molecular weight excluding hydrogens is 386 g/mol. The summed E-state index contributed by atoms with van der Waals surface area (Å²) in [5.74, 6) is -2.86. The van der Waals surface area contributed by atoms with Crippen molar-refractivity contribution in [2.45, 2.75) is 11.3 Å². The average molecular weight is 394 g/mol. The highest BCUT2D eigenvalue weighted by Crippen LogP contribution is 2.24. The third kappa shape index (κ3) is 3.62. The second-order valence-corrected chi connectivity index (χ2v) is 5.76. The number of anilines is 1. The monoisotopic (exact) mass is 393 g/mol. The van der Waals surface area contributed by atoms with Crippen LogP contribution in [0.2, 0.25) is 0 Å². The third-order valence-corrected chi connectivity index (χ3v) is 3.50. The quantitative estimate of drug-likeness (QED) is 0.806. The molecule has 7 nitrogen and oxygen atoms in total. The number of nitriles is 1. The van der Waals surface area contributed by atoms with Crippen LogP contribution in [0.1, 0.15) is 17.8 Å². The molecule has 0 bridgehead atoms. The molecule has 2 aromatic rings. The zero-order chi connectivity index (χ0) is 18.9. The fourth-order valence-corrected chi connectivity index (χ4v) is 2.02. The number of amides is 1. The van der Waals surface area contributed by atoms with Gasteiger partial charge in [-0.15, -0.1) is 5.10 Å². The van der Waals surface area contributed by atoms with Crippen LogP contribution in [0, 0.1) is 17.1 Å². The lowest BCUT2D eigenvalue weighted by Gasteiger charge is -2.10. The summed E-state index contributed by atoms with van der Waals surface area (Å²) in [6.07, 6.45) is -3.06. The number of hydrogen-bond acceptors (Lipinski definition) is 4. The maximum absolute atomic E-state index is 14.2. The Morgan fingerprint density at radius 1 is 1.40 bits per heavy atom. The van der Waals surface area contributed by atoms with Gasteiger partial charge in [0.05, 0.1) is 11.3 Å². The number of halogens is 5. The van der Waals surface area contributed by atoms with E-state index < -0.39 is 40.2 Å². The summed E-state index contributed by atoms with van der Waals surface area (Å²) in [4.78, 5) is 22.1. The van der Waals surface area contributed by atoms with Crippen LogP contribution < -0.4 is 11.0 Å². The fraction of sp³-hybridized carbons (Fsp3) is 0.231. The minimum Gasteiger partial charge on any atom is -0.322 e. The predicted molar refractivity (Wildman–Crippen MR) is 82.6 cm³/mol. The second kappa shape index (κ2) is 7.16. The molecule has 0 saturated heterocycles. The minimum absolute atomic E-state index is 0.216. The van der Waals surface area contributed by atoms with Crippen molar-refractivity contribution in [2.75, 3.05) is 5.32 Å². The van der Waals surface area contributed by atoms with Crippen molar-refractivity contribution in [3.05, 3.63) is 39.8 Å². The molecule has 132 valence electrons. The molecule has 2 rings (SSSR count). The first-order chi connectivity index (χ1) is 11.7. The van der Waals surface area contributed by atoms with Crippen LogP contribution in [-0.4, -0.2) is 25.1 Å².